The second-order valence-corrected chi connectivity index (χ2v) is 9.00. The van der Waals surface area contributed by atoms with Gasteiger partial charge in [0.25, 0.3) is 5.91 Å². The first-order valence-electron chi connectivity index (χ1n) is 8.92. The monoisotopic (exact) mass is 444 g/mol. The maximum absolute atomic E-state index is 14.0. The second-order valence-electron chi connectivity index (χ2n) is 6.67. The fraction of sp³-hybridized carbons (Fsp3) is 0.316. The van der Waals surface area contributed by atoms with Gasteiger partial charge >= 0.3 is 13.7 Å². The molecule has 1 aliphatic heterocycles. The van der Waals surface area contributed by atoms with E-state index in [2.05, 4.69) is 0 Å². The number of carbonyl (C=O) groups excluding carboxylic acids is 1. The van der Waals surface area contributed by atoms with E-state index in [9.17, 15) is 22.5 Å². The number of alkyl halides is 3. The van der Waals surface area contributed by atoms with Gasteiger partial charge in [0, 0.05) is 6.54 Å². The highest BCUT2D eigenvalue weighted by molar-refractivity contribution is 7.64. The molecule has 0 spiro atoms. The van der Waals surface area contributed by atoms with Crippen molar-refractivity contribution < 1.29 is 37.0 Å². The third-order valence-electron chi connectivity index (χ3n) is 4.78. The van der Waals surface area contributed by atoms with Gasteiger partial charge in [0.1, 0.15) is 11.8 Å². The van der Waals surface area contributed by atoms with Crippen molar-refractivity contribution in [1.29, 1.82) is 0 Å². The van der Waals surface area contributed by atoms with Crippen molar-refractivity contribution in [3.63, 3.8) is 0 Å². The Morgan fingerprint density at radius 1 is 1.20 bits per heavy atom. The van der Waals surface area contributed by atoms with Crippen LogP contribution < -0.4 is 15.5 Å². The molecule has 1 amide bonds. The van der Waals surface area contributed by atoms with Gasteiger partial charge in [0.05, 0.1) is 12.4 Å². The maximum Gasteiger partial charge on any atom is 0.412 e. The van der Waals surface area contributed by atoms with Crippen molar-refractivity contribution in [3.8, 4) is 5.75 Å². The number of halogens is 3. The Hall–Kier alpha value is -2.39. The fourth-order valence-corrected chi connectivity index (χ4v) is 5.65. The third kappa shape index (κ3) is 4.67. The zero-order valence-electron chi connectivity index (χ0n) is 15.9. The highest BCUT2D eigenvalue weighted by atomic mass is 31.2. The molecule has 0 bridgehead atoms. The van der Waals surface area contributed by atoms with Crippen molar-refractivity contribution in [2.75, 3.05) is 13.7 Å². The van der Waals surface area contributed by atoms with Crippen LogP contribution in [0.1, 0.15) is 11.1 Å². The Morgan fingerprint density at radius 3 is 2.40 bits per heavy atom. The number of benzene rings is 2. The van der Waals surface area contributed by atoms with E-state index >= 15 is 0 Å². The summed E-state index contributed by atoms with van der Waals surface area (Å²) in [6.45, 7) is -1.86. The van der Waals surface area contributed by atoms with Gasteiger partial charge in [0.2, 0.25) is 0 Å². The van der Waals surface area contributed by atoms with Crippen LogP contribution >= 0.6 is 7.52 Å². The van der Waals surface area contributed by atoms with Crippen LogP contribution in [0.15, 0.2) is 48.5 Å². The Kier molecular flexibility index (Phi) is 6.52. The molecule has 2 unspecified atom stereocenters. The standard InChI is InChI=1S/C19H20F3N2O5P/c1-28-15-6-8-16(9-7-15)30(27,29-12-19(20,21)22)24-11-14-5-3-2-4-13(14)10-17(24)18(25)23-26/h2-9,17,26H,10-12H2,1H3,(H,23,25). The lowest BCUT2D eigenvalue weighted by Gasteiger charge is -2.39. The molecule has 2 aromatic carbocycles. The Labute approximate surface area is 170 Å². The van der Waals surface area contributed by atoms with Gasteiger partial charge in [-0.05, 0) is 41.8 Å². The van der Waals surface area contributed by atoms with Crippen LogP contribution in [0.25, 0.3) is 0 Å². The van der Waals surface area contributed by atoms with E-state index in [1.165, 1.54) is 36.9 Å². The fourth-order valence-electron chi connectivity index (χ4n) is 3.32. The van der Waals surface area contributed by atoms with E-state index < -0.39 is 32.3 Å². The average Bonchev–Trinajstić information content (AvgIpc) is 2.75. The number of amides is 1. The van der Waals surface area contributed by atoms with Gasteiger partial charge in [-0.25, -0.2) is 10.2 Å². The lowest BCUT2D eigenvalue weighted by atomic mass is 9.95. The largest absolute Gasteiger partial charge is 0.497 e. The normalized spacial score (nSPS) is 18.9. The molecule has 0 aliphatic carbocycles. The summed E-state index contributed by atoms with van der Waals surface area (Å²) in [5.41, 5.74) is 2.97. The Balaban J connectivity index is 2.09. The van der Waals surface area contributed by atoms with Crippen molar-refractivity contribution in [2.45, 2.75) is 25.2 Å². The number of hydroxylamine groups is 1. The molecule has 1 heterocycles. The molecular formula is C19H20F3N2O5P. The highest BCUT2D eigenvalue weighted by Gasteiger charge is 2.46. The Morgan fingerprint density at radius 2 is 1.83 bits per heavy atom. The van der Waals surface area contributed by atoms with E-state index in [0.717, 1.165) is 10.2 Å². The summed E-state index contributed by atoms with van der Waals surface area (Å²) >= 11 is 0. The summed E-state index contributed by atoms with van der Waals surface area (Å²) in [6.07, 6.45) is -4.69. The van der Waals surface area contributed by atoms with Crippen LogP contribution in [-0.2, 0) is 26.8 Å². The molecule has 0 aromatic heterocycles. The van der Waals surface area contributed by atoms with E-state index in [1.807, 2.05) is 0 Å². The van der Waals surface area contributed by atoms with Crippen LogP contribution in [0.4, 0.5) is 13.2 Å². The van der Waals surface area contributed by atoms with Crippen molar-refractivity contribution in [3.05, 3.63) is 59.7 Å². The minimum atomic E-state index is -4.73. The number of ether oxygens (including phenoxy) is 1. The molecule has 0 saturated carbocycles. The van der Waals surface area contributed by atoms with Crippen LogP contribution in [0.3, 0.4) is 0 Å². The summed E-state index contributed by atoms with van der Waals surface area (Å²) in [5.74, 6) is -0.483. The molecule has 0 radical (unpaired) electrons. The smallest absolute Gasteiger partial charge is 0.412 e. The number of hydrogen-bond acceptors (Lipinski definition) is 5. The Bertz CT molecular complexity index is 952. The number of fused-ring (bicyclic) bond motifs is 1. The molecule has 162 valence electrons. The first-order valence-corrected chi connectivity index (χ1v) is 10.5. The third-order valence-corrected chi connectivity index (χ3v) is 7.30. The molecular weight excluding hydrogens is 424 g/mol. The van der Waals surface area contributed by atoms with Gasteiger partial charge < -0.3 is 9.26 Å². The molecule has 2 N–H and O–H groups in total. The van der Waals surface area contributed by atoms with E-state index in [1.54, 1.807) is 24.3 Å². The van der Waals surface area contributed by atoms with Crippen LogP contribution in [0, 0.1) is 0 Å². The lowest BCUT2D eigenvalue weighted by Crippen LogP contribution is -2.49. The SMILES string of the molecule is COc1ccc(P(=O)(OCC(F)(F)F)N2Cc3ccccc3CC2C(=O)NO)cc1. The first kappa shape index (κ1) is 22.3. The van der Waals surface area contributed by atoms with Gasteiger partial charge in [-0.3, -0.25) is 14.6 Å². The van der Waals surface area contributed by atoms with Crippen LogP contribution in [0.5, 0.6) is 5.75 Å². The predicted molar refractivity (Wildman–Crippen MR) is 102 cm³/mol. The highest BCUT2D eigenvalue weighted by Crippen LogP contribution is 2.54. The second kappa shape index (κ2) is 8.77. The first-order chi connectivity index (χ1) is 14.2. The number of nitrogens with one attached hydrogen (secondary N) is 1. The zero-order valence-corrected chi connectivity index (χ0v) is 16.8. The minimum absolute atomic E-state index is 0.0253. The quantitative estimate of drug-likeness (QED) is 0.405. The molecule has 3 rings (SSSR count). The predicted octanol–water partition coefficient (Wildman–Crippen LogP) is 3.02. The summed E-state index contributed by atoms with van der Waals surface area (Å²) in [5, 5.41) is 9.14. The van der Waals surface area contributed by atoms with E-state index in [-0.39, 0.29) is 18.3 Å². The molecule has 1 aliphatic rings. The van der Waals surface area contributed by atoms with Gasteiger partial charge in [0.15, 0.2) is 6.61 Å². The molecule has 0 saturated heterocycles. The van der Waals surface area contributed by atoms with Crippen molar-refractivity contribution in [1.82, 2.24) is 10.2 Å². The average molecular weight is 444 g/mol. The van der Waals surface area contributed by atoms with E-state index in [0.29, 0.717) is 11.3 Å². The van der Waals surface area contributed by atoms with Gasteiger partial charge in [-0.15, -0.1) is 0 Å². The molecule has 11 heteroatoms. The summed E-state index contributed by atoms with van der Waals surface area (Å²) in [4.78, 5) is 12.3. The molecule has 2 atom stereocenters. The van der Waals surface area contributed by atoms with Crippen LogP contribution in [-0.4, -0.2) is 41.7 Å². The minimum Gasteiger partial charge on any atom is -0.497 e. The molecule has 0 fully saturated rings. The summed E-state index contributed by atoms with van der Waals surface area (Å²) in [6, 6.07) is 11.3. The number of rotatable bonds is 6. The van der Waals surface area contributed by atoms with Crippen LogP contribution in [0.2, 0.25) is 0 Å². The number of hydrogen-bond donors (Lipinski definition) is 2. The molecule has 2 aromatic rings. The number of nitrogens with zero attached hydrogens (tertiary/aromatic N) is 1. The molecule has 30 heavy (non-hydrogen) atoms. The number of methoxy groups -OCH3 is 1. The van der Waals surface area contributed by atoms with Gasteiger partial charge in [-0.2, -0.15) is 13.2 Å². The summed E-state index contributed by atoms with van der Waals surface area (Å²) < 4.78 is 63.9. The zero-order chi connectivity index (χ0) is 21.9. The van der Waals surface area contributed by atoms with Crippen molar-refractivity contribution in [2.24, 2.45) is 0 Å². The van der Waals surface area contributed by atoms with Crippen molar-refractivity contribution >= 4 is 18.7 Å². The lowest BCUT2D eigenvalue weighted by molar-refractivity contribution is -0.154. The maximum atomic E-state index is 14.0. The topological polar surface area (TPSA) is 88.1 Å². The number of carbonyl (C=O) groups is 1. The van der Waals surface area contributed by atoms with E-state index in [4.69, 9.17) is 14.5 Å². The van der Waals surface area contributed by atoms with Gasteiger partial charge in [-0.1, -0.05) is 24.3 Å². The molecule has 7 nitrogen and oxygen atoms in total. The summed E-state index contributed by atoms with van der Waals surface area (Å²) in [7, 11) is -2.95.